The van der Waals surface area contributed by atoms with E-state index in [0.717, 1.165) is 25.1 Å². The molecule has 0 bridgehead atoms. The second kappa shape index (κ2) is 9.23. The number of carbonyl (C=O) groups excluding carboxylic acids is 1. The Labute approximate surface area is 126 Å². The molecule has 1 aromatic carbocycles. The molecule has 1 N–H and O–H groups in total. The Bertz CT molecular complexity index is 448. The van der Waals surface area contributed by atoms with E-state index in [2.05, 4.69) is 12.2 Å². The number of nitrogens with one attached hydrogen (secondary N) is 1. The average molecular weight is 295 g/mol. The fraction of sp³-hybridized carbons (Fsp3) is 0.562. The van der Waals surface area contributed by atoms with Gasteiger partial charge in [-0.05, 0) is 44.5 Å². The molecule has 21 heavy (non-hydrogen) atoms. The summed E-state index contributed by atoms with van der Waals surface area (Å²) in [4.78, 5) is 11.6. The largest absolute Gasteiger partial charge is 0.493 e. The maximum absolute atomic E-state index is 11.6. The third-order valence-corrected chi connectivity index (χ3v) is 2.91. The molecule has 0 amide bonds. The molecule has 118 valence electrons. The smallest absolute Gasteiger partial charge is 0.347 e. The lowest BCUT2D eigenvalue weighted by Gasteiger charge is -2.16. The number of esters is 1. The van der Waals surface area contributed by atoms with Crippen LogP contribution in [0.5, 0.6) is 11.5 Å². The number of benzene rings is 1. The maximum Gasteiger partial charge on any atom is 0.347 e. The van der Waals surface area contributed by atoms with Gasteiger partial charge in [-0.3, -0.25) is 0 Å². The predicted molar refractivity (Wildman–Crippen MR) is 81.7 cm³/mol. The van der Waals surface area contributed by atoms with E-state index < -0.39 is 6.10 Å². The van der Waals surface area contributed by atoms with Gasteiger partial charge in [-0.25, -0.2) is 4.79 Å². The van der Waals surface area contributed by atoms with E-state index in [9.17, 15) is 4.79 Å². The fourth-order valence-electron chi connectivity index (χ4n) is 1.83. The lowest BCUT2D eigenvalue weighted by molar-refractivity contribution is -0.150. The molecular formula is C16H25NO4. The summed E-state index contributed by atoms with van der Waals surface area (Å²) in [6.45, 7) is 7.64. The van der Waals surface area contributed by atoms with Crippen LogP contribution >= 0.6 is 0 Å². The average Bonchev–Trinajstić information content (AvgIpc) is 2.49. The highest BCUT2D eigenvalue weighted by Crippen LogP contribution is 2.29. The minimum atomic E-state index is -0.664. The van der Waals surface area contributed by atoms with Crippen LogP contribution in [0.15, 0.2) is 18.2 Å². The molecule has 0 aliphatic rings. The Kier molecular flexibility index (Phi) is 7.61. The van der Waals surface area contributed by atoms with E-state index >= 15 is 0 Å². The number of ether oxygens (including phenoxy) is 3. The summed E-state index contributed by atoms with van der Waals surface area (Å²) in [5, 5.41) is 3.33. The lowest BCUT2D eigenvalue weighted by Crippen LogP contribution is -2.26. The predicted octanol–water partition coefficient (Wildman–Crippen LogP) is 2.53. The summed E-state index contributed by atoms with van der Waals surface area (Å²) in [6.07, 6.45) is 0.429. The topological polar surface area (TPSA) is 56.8 Å². The molecule has 0 radical (unpaired) electrons. The monoisotopic (exact) mass is 295 g/mol. The molecule has 1 rings (SSSR count). The SMILES string of the molecule is CCCNCc1ccc(OC(C)C(=O)OCC)c(OC)c1. The van der Waals surface area contributed by atoms with Crippen LogP contribution in [0.4, 0.5) is 0 Å². The normalized spacial score (nSPS) is 11.8. The first-order valence-electron chi connectivity index (χ1n) is 7.33. The van der Waals surface area contributed by atoms with Crippen molar-refractivity contribution in [2.75, 3.05) is 20.3 Å². The molecule has 0 spiro atoms. The molecule has 0 aliphatic heterocycles. The Hall–Kier alpha value is -1.75. The molecule has 0 aliphatic carbocycles. The van der Waals surface area contributed by atoms with E-state index in [1.807, 2.05) is 18.2 Å². The maximum atomic E-state index is 11.6. The molecule has 0 heterocycles. The molecule has 0 aromatic heterocycles. The second-order valence-electron chi connectivity index (χ2n) is 4.67. The van der Waals surface area contributed by atoms with Gasteiger partial charge >= 0.3 is 5.97 Å². The van der Waals surface area contributed by atoms with Gasteiger partial charge in [0.2, 0.25) is 0 Å². The summed E-state index contributed by atoms with van der Waals surface area (Å²) in [6, 6.07) is 5.69. The third-order valence-electron chi connectivity index (χ3n) is 2.91. The third kappa shape index (κ3) is 5.63. The number of carbonyl (C=O) groups is 1. The Morgan fingerprint density at radius 2 is 2.05 bits per heavy atom. The summed E-state index contributed by atoms with van der Waals surface area (Å²) in [5.41, 5.74) is 1.11. The molecular weight excluding hydrogens is 270 g/mol. The van der Waals surface area contributed by atoms with Crippen LogP contribution in [0.3, 0.4) is 0 Å². The van der Waals surface area contributed by atoms with Crippen molar-refractivity contribution in [1.82, 2.24) is 5.32 Å². The van der Waals surface area contributed by atoms with Crippen molar-refractivity contribution in [3.05, 3.63) is 23.8 Å². The minimum absolute atomic E-state index is 0.339. The number of hydrogen-bond acceptors (Lipinski definition) is 5. The Morgan fingerprint density at radius 1 is 1.29 bits per heavy atom. The molecule has 1 atom stereocenters. The zero-order valence-corrected chi connectivity index (χ0v) is 13.3. The highest BCUT2D eigenvalue weighted by Gasteiger charge is 2.18. The first-order valence-corrected chi connectivity index (χ1v) is 7.33. The molecule has 1 aromatic rings. The molecule has 0 saturated carbocycles. The van der Waals surface area contributed by atoms with Gasteiger partial charge in [0.05, 0.1) is 13.7 Å². The van der Waals surface area contributed by atoms with Crippen LogP contribution in [0.25, 0.3) is 0 Å². The zero-order valence-electron chi connectivity index (χ0n) is 13.3. The Balaban J connectivity index is 2.72. The van der Waals surface area contributed by atoms with Gasteiger partial charge in [-0.15, -0.1) is 0 Å². The summed E-state index contributed by atoms with van der Waals surface area (Å²) < 4.78 is 15.9. The summed E-state index contributed by atoms with van der Waals surface area (Å²) in [7, 11) is 1.58. The Morgan fingerprint density at radius 3 is 2.67 bits per heavy atom. The van der Waals surface area contributed by atoms with Gasteiger partial charge in [0, 0.05) is 6.54 Å². The van der Waals surface area contributed by atoms with Gasteiger partial charge in [0.1, 0.15) is 0 Å². The molecule has 5 heteroatoms. The second-order valence-corrected chi connectivity index (χ2v) is 4.67. The van der Waals surface area contributed by atoms with Gasteiger partial charge in [0.25, 0.3) is 0 Å². The molecule has 5 nitrogen and oxygen atoms in total. The van der Waals surface area contributed by atoms with Crippen LogP contribution in [0.1, 0.15) is 32.8 Å². The zero-order chi connectivity index (χ0) is 15.7. The van der Waals surface area contributed by atoms with Crippen LogP contribution in [0, 0.1) is 0 Å². The molecule has 1 unspecified atom stereocenters. The van der Waals surface area contributed by atoms with Crippen molar-refractivity contribution >= 4 is 5.97 Å². The number of rotatable bonds is 9. The van der Waals surface area contributed by atoms with E-state index in [-0.39, 0.29) is 5.97 Å². The van der Waals surface area contributed by atoms with Gasteiger partial charge in [-0.2, -0.15) is 0 Å². The molecule has 0 fully saturated rings. The van der Waals surface area contributed by atoms with E-state index in [4.69, 9.17) is 14.2 Å². The van der Waals surface area contributed by atoms with E-state index in [1.54, 1.807) is 21.0 Å². The van der Waals surface area contributed by atoms with Crippen LogP contribution in [-0.4, -0.2) is 32.3 Å². The van der Waals surface area contributed by atoms with Crippen molar-refractivity contribution in [2.24, 2.45) is 0 Å². The molecule has 0 saturated heterocycles. The van der Waals surface area contributed by atoms with Crippen LogP contribution in [-0.2, 0) is 16.1 Å². The van der Waals surface area contributed by atoms with Crippen molar-refractivity contribution in [1.29, 1.82) is 0 Å². The van der Waals surface area contributed by atoms with E-state index in [0.29, 0.717) is 18.1 Å². The van der Waals surface area contributed by atoms with Gasteiger partial charge in [0.15, 0.2) is 17.6 Å². The van der Waals surface area contributed by atoms with Crippen molar-refractivity contribution in [2.45, 2.75) is 39.8 Å². The lowest BCUT2D eigenvalue weighted by atomic mass is 10.2. The first-order chi connectivity index (χ1) is 10.1. The van der Waals surface area contributed by atoms with Gasteiger partial charge < -0.3 is 19.5 Å². The van der Waals surface area contributed by atoms with Crippen molar-refractivity contribution in [3.8, 4) is 11.5 Å². The highest BCUT2D eigenvalue weighted by atomic mass is 16.6. The fourth-order valence-corrected chi connectivity index (χ4v) is 1.83. The van der Waals surface area contributed by atoms with E-state index in [1.165, 1.54) is 0 Å². The minimum Gasteiger partial charge on any atom is -0.493 e. The van der Waals surface area contributed by atoms with Crippen molar-refractivity contribution in [3.63, 3.8) is 0 Å². The van der Waals surface area contributed by atoms with Gasteiger partial charge in [-0.1, -0.05) is 13.0 Å². The van der Waals surface area contributed by atoms with Crippen molar-refractivity contribution < 1.29 is 19.0 Å². The highest BCUT2D eigenvalue weighted by molar-refractivity contribution is 5.74. The first kappa shape index (κ1) is 17.3. The number of methoxy groups -OCH3 is 1. The summed E-state index contributed by atoms with van der Waals surface area (Å²) in [5.74, 6) is 0.771. The summed E-state index contributed by atoms with van der Waals surface area (Å²) >= 11 is 0. The number of hydrogen-bond donors (Lipinski definition) is 1. The quantitative estimate of drug-likeness (QED) is 0.560. The van der Waals surface area contributed by atoms with Crippen LogP contribution < -0.4 is 14.8 Å². The standard InChI is InChI=1S/C16H25NO4/c1-5-9-17-11-13-7-8-14(15(10-13)19-4)21-12(3)16(18)20-6-2/h7-8,10,12,17H,5-6,9,11H2,1-4H3. The van der Waals surface area contributed by atoms with Crippen LogP contribution in [0.2, 0.25) is 0 Å².